The fourth-order valence-electron chi connectivity index (χ4n) is 1.22. The highest BCUT2D eigenvalue weighted by Crippen LogP contribution is 2.12. The molecule has 1 amide bonds. The Hall–Kier alpha value is -1.51. The lowest BCUT2D eigenvalue weighted by Crippen LogP contribution is -2.34. The molecule has 16 heavy (non-hydrogen) atoms. The first-order valence-electron chi connectivity index (χ1n) is 5.26. The van der Waals surface area contributed by atoms with E-state index in [2.05, 4.69) is 12.2 Å². The molecule has 1 atom stereocenters. The molecule has 0 bridgehead atoms. The number of hydrogen-bond acceptors (Lipinski definition) is 2. The van der Waals surface area contributed by atoms with Crippen molar-refractivity contribution in [3.63, 3.8) is 0 Å². The minimum atomic E-state index is -0.486. The smallest absolute Gasteiger partial charge is 0.408 e. The third-order valence-electron chi connectivity index (χ3n) is 1.89. The molecule has 1 N–H and O–H groups in total. The summed E-state index contributed by atoms with van der Waals surface area (Å²) in [5, 5.41) is 2.68. The fraction of sp³-hybridized carbons (Fsp3) is 0.385. The molecule has 0 saturated heterocycles. The lowest BCUT2D eigenvalue weighted by Gasteiger charge is -2.22. The van der Waals surface area contributed by atoms with Crippen LogP contribution in [0.15, 0.2) is 30.3 Å². The number of hydrogen-bond donors (Lipinski definition) is 1. The molecule has 1 rings (SSSR count). The molecule has 0 spiro atoms. The average Bonchev–Trinajstić information content (AvgIpc) is 2.16. The number of alkyl carbamates (subject to hydrolysis) is 1. The van der Waals surface area contributed by atoms with Crippen LogP contribution >= 0.6 is 0 Å². The number of amides is 1. The molecule has 1 radical (unpaired) electrons. The first-order chi connectivity index (χ1) is 7.38. The second kappa shape index (κ2) is 5.01. The summed E-state index contributed by atoms with van der Waals surface area (Å²) in [6, 6.07) is 9.26. The van der Waals surface area contributed by atoms with E-state index in [1.165, 1.54) is 0 Å². The van der Waals surface area contributed by atoms with Crippen LogP contribution in [0.25, 0.3) is 0 Å². The first kappa shape index (κ1) is 12.6. The van der Waals surface area contributed by atoms with Crippen LogP contribution in [0, 0.1) is 6.92 Å². The van der Waals surface area contributed by atoms with Crippen LogP contribution in [0.5, 0.6) is 0 Å². The third kappa shape index (κ3) is 4.34. The maximum absolute atomic E-state index is 11.5. The van der Waals surface area contributed by atoms with Crippen LogP contribution < -0.4 is 5.32 Å². The predicted octanol–water partition coefficient (Wildman–Crippen LogP) is 3.09. The third-order valence-corrected chi connectivity index (χ3v) is 1.89. The molecule has 87 valence electrons. The van der Waals surface area contributed by atoms with Gasteiger partial charge in [0, 0.05) is 0 Å². The monoisotopic (exact) mass is 220 g/mol. The maximum Gasteiger partial charge on any atom is 0.408 e. The molecule has 0 aromatic heterocycles. The molecule has 1 aromatic rings. The number of carbonyl (C=O) groups excluding carboxylic acids is 1. The fourth-order valence-corrected chi connectivity index (χ4v) is 1.22. The lowest BCUT2D eigenvalue weighted by atomic mass is 10.1. The van der Waals surface area contributed by atoms with Gasteiger partial charge in [0.1, 0.15) is 5.60 Å². The van der Waals surface area contributed by atoms with E-state index < -0.39 is 11.7 Å². The van der Waals surface area contributed by atoms with E-state index in [-0.39, 0.29) is 6.04 Å². The Morgan fingerprint density at radius 2 is 1.88 bits per heavy atom. The first-order valence-corrected chi connectivity index (χ1v) is 5.26. The van der Waals surface area contributed by atoms with E-state index in [0.717, 1.165) is 5.56 Å². The van der Waals surface area contributed by atoms with Crippen molar-refractivity contribution in [2.75, 3.05) is 0 Å². The van der Waals surface area contributed by atoms with Crippen molar-refractivity contribution in [3.8, 4) is 0 Å². The zero-order valence-electron chi connectivity index (χ0n) is 9.99. The molecule has 0 saturated carbocycles. The van der Waals surface area contributed by atoms with Crippen LogP contribution in [0.1, 0.15) is 32.4 Å². The van der Waals surface area contributed by atoms with Crippen LogP contribution in [0.3, 0.4) is 0 Å². The SMILES string of the molecule is [CH2][C@@H](NC(=O)OC(C)(C)C)c1ccccc1. The van der Waals surface area contributed by atoms with Gasteiger partial charge < -0.3 is 10.1 Å². The van der Waals surface area contributed by atoms with Gasteiger partial charge in [-0.2, -0.15) is 0 Å². The largest absolute Gasteiger partial charge is 0.444 e. The predicted molar refractivity (Wildman–Crippen MR) is 63.9 cm³/mol. The second-order valence-corrected chi connectivity index (χ2v) is 4.61. The van der Waals surface area contributed by atoms with Gasteiger partial charge in [-0.15, -0.1) is 0 Å². The summed E-state index contributed by atoms with van der Waals surface area (Å²) in [5.74, 6) is 0. The summed E-state index contributed by atoms with van der Waals surface area (Å²) in [6.07, 6.45) is -0.448. The summed E-state index contributed by atoms with van der Waals surface area (Å²) in [6.45, 7) is 9.35. The number of nitrogens with one attached hydrogen (secondary N) is 1. The summed E-state index contributed by atoms with van der Waals surface area (Å²) < 4.78 is 5.14. The van der Waals surface area contributed by atoms with Gasteiger partial charge in [0.25, 0.3) is 0 Å². The zero-order valence-corrected chi connectivity index (χ0v) is 9.99. The van der Waals surface area contributed by atoms with Gasteiger partial charge >= 0.3 is 6.09 Å². The van der Waals surface area contributed by atoms with Crippen molar-refractivity contribution in [1.82, 2.24) is 5.32 Å². The highest BCUT2D eigenvalue weighted by molar-refractivity contribution is 5.68. The maximum atomic E-state index is 11.5. The molecule has 0 aliphatic rings. The van der Waals surface area contributed by atoms with Crippen LogP contribution in [-0.2, 0) is 4.74 Å². The molecule has 0 unspecified atom stereocenters. The molecule has 0 heterocycles. The van der Waals surface area contributed by atoms with Gasteiger partial charge in [0.15, 0.2) is 0 Å². The molecule has 3 nitrogen and oxygen atoms in total. The second-order valence-electron chi connectivity index (χ2n) is 4.61. The highest BCUT2D eigenvalue weighted by Gasteiger charge is 2.17. The Morgan fingerprint density at radius 1 is 1.31 bits per heavy atom. The highest BCUT2D eigenvalue weighted by atomic mass is 16.6. The Morgan fingerprint density at radius 3 is 2.38 bits per heavy atom. The standard InChI is InChI=1S/C13H18NO2/c1-10(11-8-6-5-7-9-11)14-12(15)16-13(2,3)4/h5-10H,1H2,2-4H3,(H,14,15)/t10-/m1/s1. The van der Waals surface area contributed by atoms with Crippen molar-refractivity contribution in [2.45, 2.75) is 32.4 Å². The van der Waals surface area contributed by atoms with Crippen LogP contribution in [-0.4, -0.2) is 11.7 Å². The molecular weight excluding hydrogens is 202 g/mol. The normalized spacial score (nSPS) is 13.0. The zero-order chi connectivity index (χ0) is 12.2. The van der Waals surface area contributed by atoms with Gasteiger partial charge in [0.2, 0.25) is 0 Å². The molecule has 3 heteroatoms. The molecule has 0 aliphatic heterocycles. The lowest BCUT2D eigenvalue weighted by molar-refractivity contribution is 0.0513. The van der Waals surface area contributed by atoms with Gasteiger partial charge in [-0.3, -0.25) is 0 Å². The number of carbonyl (C=O) groups is 1. The van der Waals surface area contributed by atoms with E-state index in [1.807, 2.05) is 51.1 Å². The Bertz CT molecular complexity index is 341. The van der Waals surface area contributed by atoms with E-state index >= 15 is 0 Å². The topological polar surface area (TPSA) is 38.3 Å². The summed E-state index contributed by atoms with van der Waals surface area (Å²) in [4.78, 5) is 11.5. The molecule has 1 aromatic carbocycles. The number of ether oxygens (including phenoxy) is 1. The number of benzene rings is 1. The minimum Gasteiger partial charge on any atom is -0.444 e. The summed E-state index contributed by atoms with van der Waals surface area (Å²) >= 11 is 0. The van der Waals surface area contributed by atoms with Crippen molar-refractivity contribution in [3.05, 3.63) is 42.8 Å². The summed E-state index contributed by atoms with van der Waals surface area (Å²) in [5.41, 5.74) is 0.467. The molecule has 0 fully saturated rings. The Kier molecular flexibility index (Phi) is 3.93. The molecule has 0 aliphatic carbocycles. The quantitative estimate of drug-likeness (QED) is 0.831. The van der Waals surface area contributed by atoms with E-state index in [4.69, 9.17) is 4.74 Å². The van der Waals surface area contributed by atoms with Gasteiger partial charge in [0.05, 0.1) is 6.04 Å². The van der Waals surface area contributed by atoms with Gasteiger partial charge in [-0.05, 0) is 33.3 Å². The summed E-state index contributed by atoms with van der Waals surface area (Å²) in [7, 11) is 0. The number of rotatable bonds is 2. The van der Waals surface area contributed by atoms with E-state index in [9.17, 15) is 4.79 Å². The van der Waals surface area contributed by atoms with Crippen molar-refractivity contribution in [2.24, 2.45) is 0 Å². The van der Waals surface area contributed by atoms with Crippen LogP contribution in [0.2, 0.25) is 0 Å². The van der Waals surface area contributed by atoms with Crippen molar-refractivity contribution >= 4 is 6.09 Å². The minimum absolute atomic E-state index is 0.295. The Labute approximate surface area is 96.8 Å². The average molecular weight is 220 g/mol. The van der Waals surface area contributed by atoms with Crippen molar-refractivity contribution < 1.29 is 9.53 Å². The van der Waals surface area contributed by atoms with E-state index in [1.54, 1.807) is 0 Å². The Balaban J connectivity index is 2.52. The van der Waals surface area contributed by atoms with E-state index in [0.29, 0.717) is 0 Å². The molecular formula is C13H18NO2. The van der Waals surface area contributed by atoms with Gasteiger partial charge in [-0.25, -0.2) is 4.79 Å². The van der Waals surface area contributed by atoms with Crippen molar-refractivity contribution in [1.29, 1.82) is 0 Å². The van der Waals surface area contributed by atoms with Gasteiger partial charge in [-0.1, -0.05) is 30.3 Å². The van der Waals surface area contributed by atoms with Crippen LogP contribution in [0.4, 0.5) is 4.79 Å².